The molecule has 27 heavy (non-hydrogen) atoms. The maximum atomic E-state index is 6.33. The number of rotatable bonds is 6. The lowest BCUT2D eigenvalue weighted by atomic mass is 9.91. The Kier molecular flexibility index (Phi) is 6.21. The molecule has 1 aliphatic heterocycles. The van der Waals surface area contributed by atoms with Crippen LogP contribution < -0.4 is 9.64 Å². The van der Waals surface area contributed by atoms with Gasteiger partial charge >= 0.3 is 0 Å². The van der Waals surface area contributed by atoms with Gasteiger partial charge in [-0.1, -0.05) is 35.9 Å². The number of hydrogen-bond acceptors (Lipinski definition) is 3. The number of halogens is 1. The molecule has 0 radical (unpaired) electrons. The smallest absolute Gasteiger partial charge is 0.122 e. The zero-order valence-corrected chi connectivity index (χ0v) is 16.8. The summed E-state index contributed by atoms with van der Waals surface area (Å²) in [7, 11) is 0. The number of benzene rings is 2. The molecule has 0 atom stereocenters. The molecule has 1 heterocycles. The fourth-order valence-electron chi connectivity index (χ4n) is 4.27. The average Bonchev–Trinajstić information content (AvgIpc) is 2.72. The largest absolute Gasteiger partial charge is 0.493 e. The monoisotopic (exact) mass is 384 g/mol. The Morgan fingerprint density at radius 1 is 0.889 bits per heavy atom. The Bertz CT molecular complexity index is 756. The Balaban J connectivity index is 1.21. The number of nitrogens with zero attached hydrogens (tertiary/aromatic N) is 2. The van der Waals surface area contributed by atoms with E-state index in [1.165, 1.54) is 36.8 Å². The first kappa shape index (κ1) is 18.6. The van der Waals surface area contributed by atoms with Crippen molar-refractivity contribution in [2.75, 3.05) is 44.2 Å². The van der Waals surface area contributed by atoms with Crippen molar-refractivity contribution in [2.45, 2.75) is 32.1 Å². The van der Waals surface area contributed by atoms with E-state index < -0.39 is 0 Å². The molecule has 0 N–H and O–H groups in total. The summed E-state index contributed by atoms with van der Waals surface area (Å²) in [5.41, 5.74) is 4.11. The highest BCUT2D eigenvalue weighted by Gasteiger charge is 2.18. The molecule has 1 fully saturated rings. The number of hydrogen-bond donors (Lipinski definition) is 0. The first-order chi connectivity index (χ1) is 13.3. The van der Waals surface area contributed by atoms with Crippen molar-refractivity contribution in [3.63, 3.8) is 0 Å². The van der Waals surface area contributed by atoms with E-state index in [9.17, 15) is 0 Å². The van der Waals surface area contributed by atoms with Crippen LogP contribution in [-0.4, -0.2) is 44.2 Å². The van der Waals surface area contributed by atoms with Crippen molar-refractivity contribution in [2.24, 2.45) is 0 Å². The summed E-state index contributed by atoms with van der Waals surface area (Å²) in [5.74, 6) is 1.12. The number of fused-ring (bicyclic) bond motifs is 1. The molecular weight excluding hydrogens is 356 g/mol. The normalized spacial score (nSPS) is 17.6. The predicted octanol–water partition coefficient (Wildman–Crippen LogP) is 4.81. The van der Waals surface area contributed by atoms with Crippen molar-refractivity contribution in [1.82, 2.24) is 4.90 Å². The molecule has 2 aromatic rings. The third-order valence-corrected chi connectivity index (χ3v) is 6.11. The molecule has 144 valence electrons. The minimum Gasteiger partial charge on any atom is -0.493 e. The molecule has 2 aromatic carbocycles. The second kappa shape index (κ2) is 8.99. The Labute approximate surface area is 167 Å². The maximum Gasteiger partial charge on any atom is 0.122 e. The number of anilines is 1. The Morgan fingerprint density at radius 2 is 1.70 bits per heavy atom. The molecule has 0 aromatic heterocycles. The van der Waals surface area contributed by atoms with Crippen molar-refractivity contribution in [1.29, 1.82) is 0 Å². The van der Waals surface area contributed by atoms with Crippen LogP contribution in [0.3, 0.4) is 0 Å². The van der Waals surface area contributed by atoms with E-state index in [1.54, 1.807) is 0 Å². The highest BCUT2D eigenvalue weighted by molar-refractivity contribution is 6.33. The lowest BCUT2D eigenvalue weighted by Crippen LogP contribution is -2.46. The second-order valence-electron chi connectivity index (χ2n) is 7.58. The standard InChI is InChI=1S/C23H29ClN2O/c24-21-10-3-4-11-22(21)26-16-14-25(15-17-26)13-6-18-27-23-12-5-8-19-7-1-2-9-20(19)23/h3-5,8,10-12H,1-2,6-7,9,13-18H2. The molecule has 4 rings (SSSR count). The summed E-state index contributed by atoms with van der Waals surface area (Å²) in [6.07, 6.45) is 6.08. The number of ether oxygens (including phenoxy) is 1. The summed E-state index contributed by atoms with van der Waals surface area (Å²) in [6, 6.07) is 14.7. The van der Waals surface area contributed by atoms with Crippen LogP contribution in [0.4, 0.5) is 5.69 Å². The fourth-order valence-corrected chi connectivity index (χ4v) is 4.53. The minimum atomic E-state index is 0.807. The summed E-state index contributed by atoms with van der Waals surface area (Å²) < 4.78 is 6.15. The van der Waals surface area contributed by atoms with Gasteiger partial charge in [0, 0.05) is 32.7 Å². The van der Waals surface area contributed by atoms with Crippen LogP contribution in [0.5, 0.6) is 5.75 Å². The van der Waals surface area contributed by atoms with E-state index in [0.717, 1.165) is 62.2 Å². The Hall–Kier alpha value is -1.71. The summed E-state index contributed by atoms with van der Waals surface area (Å²) in [6.45, 7) is 6.16. The molecule has 1 aliphatic carbocycles. The first-order valence-corrected chi connectivity index (χ1v) is 10.6. The lowest BCUT2D eigenvalue weighted by molar-refractivity contribution is 0.224. The van der Waals surface area contributed by atoms with Crippen molar-refractivity contribution < 1.29 is 4.74 Å². The summed E-state index contributed by atoms with van der Waals surface area (Å²) >= 11 is 6.33. The van der Waals surface area contributed by atoms with Gasteiger partial charge in [0.2, 0.25) is 0 Å². The molecule has 0 unspecified atom stereocenters. The molecule has 0 spiro atoms. The topological polar surface area (TPSA) is 15.7 Å². The maximum absolute atomic E-state index is 6.33. The van der Waals surface area contributed by atoms with E-state index >= 15 is 0 Å². The highest BCUT2D eigenvalue weighted by atomic mass is 35.5. The number of piperazine rings is 1. The molecule has 1 saturated heterocycles. The minimum absolute atomic E-state index is 0.807. The second-order valence-corrected chi connectivity index (χ2v) is 7.99. The van der Waals surface area contributed by atoms with Gasteiger partial charge in [-0.05, 0) is 61.4 Å². The summed E-state index contributed by atoms with van der Waals surface area (Å²) in [5, 5.41) is 0.852. The van der Waals surface area contributed by atoms with Crippen molar-refractivity contribution in [3.8, 4) is 5.75 Å². The predicted molar refractivity (Wildman–Crippen MR) is 113 cm³/mol. The average molecular weight is 385 g/mol. The van der Waals surface area contributed by atoms with Crippen molar-refractivity contribution in [3.05, 3.63) is 58.6 Å². The van der Waals surface area contributed by atoms with E-state index in [2.05, 4.69) is 40.1 Å². The van der Waals surface area contributed by atoms with Crippen LogP contribution in [0.2, 0.25) is 5.02 Å². The van der Waals surface area contributed by atoms with Gasteiger partial charge in [0.1, 0.15) is 5.75 Å². The van der Waals surface area contributed by atoms with Gasteiger partial charge in [-0.3, -0.25) is 4.90 Å². The molecule has 0 bridgehead atoms. The molecule has 3 nitrogen and oxygen atoms in total. The van der Waals surface area contributed by atoms with E-state index in [0.29, 0.717) is 0 Å². The van der Waals surface area contributed by atoms with Crippen LogP contribution in [0.15, 0.2) is 42.5 Å². The zero-order valence-electron chi connectivity index (χ0n) is 16.0. The van der Waals surface area contributed by atoms with Crippen LogP contribution in [0.25, 0.3) is 0 Å². The lowest BCUT2D eigenvalue weighted by Gasteiger charge is -2.36. The third-order valence-electron chi connectivity index (χ3n) is 5.79. The zero-order chi connectivity index (χ0) is 18.5. The fraction of sp³-hybridized carbons (Fsp3) is 0.478. The van der Waals surface area contributed by atoms with Crippen molar-refractivity contribution >= 4 is 17.3 Å². The van der Waals surface area contributed by atoms with E-state index in [1.807, 2.05) is 12.1 Å². The van der Waals surface area contributed by atoms with Gasteiger partial charge in [0.25, 0.3) is 0 Å². The van der Waals surface area contributed by atoms with Gasteiger partial charge in [-0.25, -0.2) is 0 Å². The van der Waals surface area contributed by atoms with Gasteiger partial charge in [-0.2, -0.15) is 0 Å². The van der Waals surface area contributed by atoms with Crippen LogP contribution >= 0.6 is 11.6 Å². The number of para-hydroxylation sites is 1. The van der Waals surface area contributed by atoms with E-state index in [-0.39, 0.29) is 0 Å². The van der Waals surface area contributed by atoms with Gasteiger partial charge in [-0.15, -0.1) is 0 Å². The van der Waals surface area contributed by atoms with E-state index in [4.69, 9.17) is 16.3 Å². The molecular formula is C23H29ClN2O. The SMILES string of the molecule is Clc1ccccc1N1CCN(CCCOc2cccc3c2CCCC3)CC1. The third kappa shape index (κ3) is 4.59. The van der Waals surface area contributed by atoms with Crippen LogP contribution in [0, 0.1) is 0 Å². The van der Waals surface area contributed by atoms with Gasteiger partial charge < -0.3 is 9.64 Å². The van der Waals surface area contributed by atoms with Crippen LogP contribution in [0.1, 0.15) is 30.4 Å². The first-order valence-electron chi connectivity index (χ1n) is 10.3. The highest BCUT2D eigenvalue weighted by Crippen LogP contribution is 2.29. The number of aryl methyl sites for hydroxylation is 1. The quantitative estimate of drug-likeness (QED) is 0.664. The Morgan fingerprint density at radius 3 is 2.56 bits per heavy atom. The van der Waals surface area contributed by atoms with Crippen LogP contribution in [-0.2, 0) is 12.8 Å². The molecule has 0 amide bonds. The van der Waals surface area contributed by atoms with Gasteiger partial charge in [0.05, 0.1) is 17.3 Å². The molecule has 0 saturated carbocycles. The molecule has 2 aliphatic rings. The van der Waals surface area contributed by atoms with Gasteiger partial charge in [0.15, 0.2) is 0 Å². The summed E-state index contributed by atoms with van der Waals surface area (Å²) in [4.78, 5) is 4.93. The molecule has 4 heteroatoms.